The Kier molecular flexibility index (Phi) is 6.48. The molecule has 0 saturated heterocycles. The fraction of sp³-hybridized carbons (Fsp3) is 0.462. The Hall–Kier alpha value is -1.71. The van der Waals surface area contributed by atoms with Crippen molar-refractivity contribution in [3.05, 3.63) is 33.3 Å². The first-order valence-electron chi connectivity index (χ1n) is 6.68. The molecule has 128 valence electrons. The Bertz CT molecular complexity index is 706. The average molecular weight is 365 g/mol. The number of halogens is 1. The van der Waals surface area contributed by atoms with Crippen LogP contribution in [0, 0.1) is 16.0 Å². The number of nitrogens with zero attached hydrogens (tertiary/aromatic N) is 1. The molecule has 1 rings (SSSR count). The number of ether oxygens (including phenoxy) is 1. The number of carbonyl (C=O) groups excluding carboxylic acids is 1. The molecule has 23 heavy (non-hydrogen) atoms. The fourth-order valence-corrected chi connectivity index (χ4v) is 3.29. The molecule has 0 fully saturated rings. The molecule has 0 unspecified atom stereocenters. The van der Waals surface area contributed by atoms with E-state index in [0.29, 0.717) is 6.42 Å². The molecule has 8 nitrogen and oxygen atoms in total. The zero-order valence-corrected chi connectivity index (χ0v) is 14.3. The van der Waals surface area contributed by atoms with Crippen LogP contribution in [0.1, 0.15) is 20.3 Å². The number of benzene rings is 1. The Balaban J connectivity index is 3.22. The van der Waals surface area contributed by atoms with Crippen molar-refractivity contribution in [2.45, 2.75) is 31.2 Å². The summed E-state index contributed by atoms with van der Waals surface area (Å²) in [4.78, 5) is 21.5. The van der Waals surface area contributed by atoms with Gasteiger partial charge in [-0.05, 0) is 18.1 Å². The third kappa shape index (κ3) is 4.63. The van der Waals surface area contributed by atoms with Gasteiger partial charge in [0.1, 0.15) is 11.1 Å². The Morgan fingerprint density at radius 1 is 1.48 bits per heavy atom. The zero-order chi connectivity index (χ0) is 17.8. The Morgan fingerprint density at radius 3 is 2.57 bits per heavy atom. The molecule has 1 aromatic carbocycles. The maximum absolute atomic E-state index is 12.4. The molecule has 10 heteroatoms. The van der Waals surface area contributed by atoms with E-state index in [2.05, 4.69) is 9.46 Å². The Morgan fingerprint density at radius 2 is 2.09 bits per heavy atom. The number of nitro benzene ring substituents is 1. The normalized spacial score (nSPS) is 14.1. The van der Waals surface area contributed by atoms with Crippen molar-refractivity contribution >= 4 is 33.3 Å². The molecule has 0 radical (unpaired) electrons. The summed E-state index contributed by atoms with van der Waals surface area (Å²) in [5, 5.41) is 10.7. The highest BCUT2D eigenvalue weighted by Crippen LogP contribution is 2.27. The number of sulfonamides is 1. The largest absolute Gasteiger partial charge is 0.468 e. The van der Waals surface area contributed by atoms with Crippen LogP contribution in [0.2, 0.25) is 5.02 Å². The van der Waals surface area contributed by atoms with Gasteiger partial charge in [0, 0.05) is 6.07 Å². The molecular weight excluding hydrogens is 348 g/mol. The molecule has 0 saturated carbocycles. The van der Waals surface area contributed by atoms with E-state index in [1.165, 1.54) is 0 Å². The summed E-state index contributed by atoms with van der Waals surface area (Å²) in [6, 6.07) is 1.99. The Labute approximate surface area is 139 Å². The lowest BCUT2D eigenvalue weighted by Crippen LogP contribution is -2.45. The van der Waals surface area contributed by atoms with Crippen molar-refractivity contribution in [1.29, 1.82) is 0 Å². The van der Waals surface area contributed by atoms with E-state index < -0.39 is 32.6 Å². The van der Waals surface area contributed by atoms with Crippen LogP contribution in [0.5, 0.6) is 0 Å². The van der Waals surface area contributed by atoms with Crippen molar-refractivity contribution in [3.63, 3.8) is 0 Å². The molecular formula is C13H17ClN2O6S. The van der Waals surface area contributed by atoms with Crippen LogP contribution >= 0.6 is 11.6 Å². The van der Waals surface area contributed by atoms with E-state index in [1.807, 2.05) is 0 Å². The number of hydrogen-bond acceptors (Lipinski definition) is 6. The topological polar surface area (TPSA) is 116 Å². The summed E-state index contributed by atoms with van der Waals surface area (Å²) in [6.45, 7) is 3.48. The molecule has 1 aromatic rings. The fourth-order valence-electron chi connectivity index (χ4n) is 1.79. The number of esters is 1. The summed E-state index contributed by atoms with van der Waals surface area (Å²) < 4.78 is 31.6. The van der Waals surface area contributed by atoms with Gasteiger partial charge >= 0.3 is 5.97 Å². The van der Waals surface area contributed by atoms with Gasteiger partial charge in [-0.1, -0.05) is 31.9 Å². The van der Waals surface area contributed by atoms with E-state index in [1.54, 1.807) is 13.8 Å². The lowest BCUT2D eigenvalue weighted by atomic mass is 10.0. The quantitative estimate of drug-likeness (QED) is 0.450. The molecule has 0 aliphatic heterocycles. The summed E-state index contributed by atoms with van der Waals surface area (Å²) in [5.41, 5.74) is -0.535. The summed E-state index contributed by atoms with van der Waals surface area (Å²) in [6.07, 6.45) is 0.531. The maximum Gasteiger partial charge on any atom is 0.324 e. The first kappa shape index (κ1) is 19.3. The number of methoxy groups -OCH3 is 1. The first-order chi connectivity index (χ1) is 10.6. The number of hydrogen-bond donors (Lipinski definition) is 1. The van der Waals surface area contributed by atoms with Gasteiger partial charge in [0.25, 0.3) is 5.69 Å². The van der Waals surface area contributed by atoms with Crippen LogP contribution < -0.4 is 4.72 Å². The average Bonchev–Trinajstić information content (AvgIpc) is 2.51. The second-order valence-corrected chi connectivity index (χ2v) is 7.00. The predicted octanol–water partition coefficient (Wildman–Crippen LogP) is 2.11. The smallest absolute Gasteiger partial charge is 0.324 e. The molecule has 2 atom stereocenters. The monoisotopic (exact) mass is 364 g/mol. The molecule has 0 aromatic heterocycles. The molecule has 0 spiro atoms. The second kappa shape index (κ2) is 7.71. The third-order valence-corrected chi connectivity index (χ3v) is 5.13. The van der Waals surface area contributed by atoms with Gasteiger partial charge in [0.05, 0.1) is 16.9 Å². The van der Waals surface area contributed by atoms with Crippen LogP contribution in [0.3, 0.4) is 0 Å². The van der Waals surface area contributed by atoms with Crippen molar-refractivity contribution in [1.82, 2.24) is 4.72 Å². The van der Waals surface area contributed by atoms with Gasteiger partial charge in [-0.2, -0.15) is 4.72 Å². The predicted molar refractivity (Wildman–Crippen MR) is 83.7 cm³/mol. The van der Waals surface area contributed by atoms with Crippen LogP contribution in [-0.4, -0.2) is 32.5 Å². The zero-order valence-electron chi connectivity index (χ0n) is 12.8. The number of rotatable bonds is 7. The van der Waals surface area contributed by atoms with Gasteiger partial charge < -0.3 is 4.74 Å². The van der Waals surface area contributed by atoms with Crippen molar-refractivity contribution in [3.8, 4) is 0 Å². The highest BCUT2D eigenvalue weighted by Gasteiger charge is 2.31. The van der Waals surface area contributed by atoms with Crippen LogP contribution in [0.4, 0.5) is 5.69 Å². The maximum atomic E-state index is 12.4. The lowest BCUT2D eigenvalue weighted by molar-refractivity contribution is -0.384. The van der Waals surface area contributed by atoms with E-state index >= 15 is 0 Å². The van der Waals surface area contributed by atoms with E-state index in [9.17, 15) is 23.3 Å². The number of nitrogens with one attached hydrogen (secondary N) is 1. The van der Waals surface area contributed by atoms with Crippen LogP contribution in [0.25, 0.3) is 0 Å². The molecule has 1 N–H and O–H groups in total. The minimum atomic E-state index is -4.16. The lowest BCUT2D eigenvalue weighted by Gasteiger charge is -2.21. The number of nitro groups is 1. The highest BCUT2D eigenvalue weighted by atomic mass is 35.5. The van der Waals surface area contributed by atoms with E-state index in [0.717, 1.165) is 25.3 Å². The van der Waals surface area contributed by atoms with Gasteiger partial charge in [-0.3, -0.25) is 14.9 Å². The molecule has 0 aliphatic carbocycles. The van der Waals surface area contributed by atoms with Crippen molar-refractivity contribution < 1.29 is 22.9 Å². The van der Waals surface area contributed by atoms with Gasteiger partial charge in [-0.25, -0.2) is 8.42 Å². The van der Waals surface area contributed by atoms with Gasteiger partial charge in [0.15, 0.2) is 0 Å². The first-order valence-corrected chi connectivity index (χ1v) is 8.54. The van der Waals surface area contributed by atoms with Gasteiger partial charge in [-0.15, -0.1) is 0 Å². The van der Waals surface area contributed by atoms with Crippen molar-refractivity contribution in [2.75, 3.05) is 7.11 Å². The van der Waals surface area contributed by atoms with Crippen molar-refractivity contribution in [2.24, 2.45) is 5.92 Å². The summed E-state index contributed by atoms with van der Waals surface area (Å²) in [7, 11) is -3.00. The van der Waals surface area contributed by atoms with E-state index in [4.69, 9.17) is 11.6 Å². The van der Waals surface area contributed by atoms with E-state index in [-0.39, 0.29) is 15.8 Å². The SMILES string of the molecule is CC[C@H](C)[C@H](NS(=O)(=O)c1ccc(Cl)c([N+](=O)[O-])c1)C(=O)OC. The molecule has 0 aliphatic rings. The summed E-state index contributed by atoms with van der Waals surface area (Å²) in [5.74, 6) is -1.05. The van der Waals surface area contributed by atoms with Gasteiger partial charge in [0.2, 0.25) is 10.0 Å². The minimum absolute atomic E-state index is 0.180. The third-order valence-electron chi connectivity index (χ3n) is 3.37. The standard InChI is InChI=1S/C13H17ClN2O6S/c1-4-8(2)12(13(17)22-3)15-23(20,21)9-5-6-10(14)11(7-9)16(18)19/h5-8,12,15H,4H2,1-3H3/t8-,12-/m0/s1. The van der Waals surface area contributed by atoms with Crippen LogP contribution in [-0.2, 0) is 19.6 Å². The summed E-state index contributed by atoms with van der Waals surface area (Å²) >= 11 is 5.66. The highest BCUT2D eigenvalue weighted by molar-refractivity contribution is 7.89. The number of carbonyl (C=O) groups is 1. The second-order valence-electron chi connectivity index (χ2n) is 4.88. The molecule has 0 amide bonds. The minimum Gasteiger partial charge on any atom is -0.468 e. The molecule has 0 heterocycles. The van der Waals surface area contributed by atoms with Crippen LogP contribution in [0.15, 0.2) is 23.1 Å². The molecule has 0 bridgehead atoms.